The van der Waals surface area contributed by atoms with Crippen molar-refractivity contribution in [2.24, 2.45) is 5.92 Å². The maximum atomic E-state index is 12.3. The minimum absolute atomic E-state index is 0.106. The van der Waals surface area contributed by atoms with Crippen LogP contribution >= 0.6 is 11.3 Å². The van der Waals surface area contributed by atoms with Crippen molar-refractivity contribution in [3.63, 3.8) is 0 Å². The standard InChI is InChI=1S/C14H17NO2S/c1-11-4-2-6-15(9-11)14(17)12-8-13(18-10-12)5-3-7-16/h8,10-11,16H,2,4,6-7,9H2,1H3. The number of likely N-dealkylation sites (tertiary alicyclic amines) is 1. The van der Waals surface area contributed by atoms with E-state index >= 15 is 0 Å². The lowest BCUT2D eigenvalue weighted by molar-refractivity contribution is 0.0683. The van der Waals surface area contributed by atoms with E-state index in [1.54, 1.807) is 0 Å². The summed E-state index contributed by atoms with van der Waals surface area (Å²) in [5.41, 5.74) is 0.719. The molecule has 18 heavy (non-hydrogen) atoms. The number of carbonyl (C=O) groups excluding carboxylic acids is 1. The molecular weight excluding hydrogens is 246 g/mol. The fourth-order valence-electron chi connectivity index (χ4n) is 2.20. The smallest absolute Gasteiger partial charge is 0.254 e. The topological polar surface area (TPSA) is 40.5 Å². The van der Waals surface area contributed by atoms with Crippen LogP contribution in [-0.4, -0.2) is 35.6 Å². The number of nitrogens with zero attached hydrogens (tertiary/aromatic N) is 1. The van der Waals surface area contributed by atoms with E-state index in [0.717, 1.165) is 30.0 Å². The summed E-state index contributed by atoms with van der Waals surface area (Å²) >= 11 is 1.45. The van der Waals surface area contributed by atoms with Gasteiger partial charge in [0, 0.05) is 18.5 Å². The zero-order valence-electron chi connectivity index (χ0n) is 10.5. The van der Waals surface area contributed by atoms with Crippen molar-refractivity contribution >= 4 is 17.2 Å². The Morgan fingerprint density at radius 2 is 2.50 bits per heavy atom. The molecule has 0 radical (unpaired) electrons. The van der Waals surface area contributed by atoms with Crippen LogP contribution in [0.4, 0.5) is 0 Å². The Balaban J connectivity index is 2.06. The number of piperidine rings is 1. The Labute approximate surface area is 111 Å². The number of hydrogen-bond donors (Lipinski definition) is 1. The highest BCUT2D eigenvalue weighted by Crippen LogP contribution is 2.20. The molecular formula is C14H17NO2S. The number of carbonyl (C=O) groups is 1. The van der Waals surface area contributed by atoms with E-state index in [9.17, 15) is 4.79 Å². The van der Waals surface area contributed by atoms with Crippen molar-refractivity contribution in [2.45, 2.75) is 19.8 Å². The second kappa shape index (κ2) is 6.03. The molecule has 3 nitrogen and oxygen atoms in total. The van der Waals surface area contributed by atoms with Crippen molar-refractivity contribution in [3.8, 4) is 11.8 Å². The number of aliphatic hydroxyl groups is 1. The van der Waals surface area contributed by atoms with Crippen molar-refractivity contribution in [3.05, 3.63) is 21.9 Å². The van der Waals surface area contributed by atoms with Crippen LogP contribution in [0.25, 0.3) is 0 Å². The van der Waals surface area contributed by atoms with E-state index in [4.69, 9.17) is 5.11 Å². The van der Waals surface area contributed by atoms with Crippen molar-refractivity contribution in [2.75, 3.05) is 19.7 Å². The number of aliphatic hydroxyl groups excluding tert-OH is 1. The lowest BCUT2D eigenvalue weighted by Gasteiger charge is -2.30. The van der Waals surface area contributed by atoms with Gasteiger partial charge in [0.2, 0.25) is 0 Å². The summed E-state index contributed by atoms with van der Waals surface area (Å²) in [7, 11) is 0. The van der Waals surface area contributed by atoms with Crippen LogP contribution < -0.4 is 0 Å². The Kier molecular flexibility index (Phi) is 4.40. The van der Waals surface area contributed by atoms with Gasteiger partial charge in [0.25, 0.3) is 5.91 Å². The molecule has 1 aliphatic heterocycles. The van der Waals surface area contributed by atoms with Crippen LogP contribution in [0, 0.1) is 17.8 Å². The molecule has 2 rings (SSSR count). The Bertz CT molecular complexity index is 483. The average Bonchev–Trinajstić information content (AvgIpc) is 2.84. The predicted molar refractivity (Wildman–Crippen MR) is 72.6 cm³/mol. The summed E-state index contributed by atoms with van der Waals surface area (Å²) in [5, 5.41) is 10.5. The molecule has 1 aromatic heterocycles. The maximum absolute atomic E-state index is 12.3. The molecule has 1 amide bonds. The number of rotatable bonds is 1. The molecule has 1 aliphatic rings. The van der Waals surface area contributed by atoms with Crippen LogP contribution in [0.2, 0.25) is 0 Å². The quantitative estimate of drug-likeness (QED) is 0.787. The summed E-state index contributed by atoms with van der Waals surface area (Å²) < 4.78 is 0. The van der Waals surface area contributed by atoms with Crippen LogP contribution in [0.1, 0.15) is 35.0 Å². The third-order valence-electron chi connectivity index (χ3n) is 3.08. The van der Waals surface area contributed by atoms with Gasteiger partial charge in [-0.05, 0) is 24.8 Å². The number of amides is 1. The largest absolute Gasteiger partial charge is 0.384 e. The zero-order chi connectivity index (χ0) is 13.0. The molecule has 0 aromatic carbocycles. The van der Waals surface area contributed by atoms with Crippen LogP contribution in [0.3, 0.4) is 0 Å². The van der Waals surface area contributed by atoms with Gasteiger partial charge in [0.1, 0.15) is 6.61 Å². The van der Waals surface area contributed by atoms with Gasteiger partial charge in [0.05, 0.1) is 10.4 Å². The summed E-state index contributed by atoms with van der Waals surface area (Å²) in [6.07, 6.45) is 2.30. The van der Waals surface area contributed by atoms with Gasteiger partial charge >= 0.3 is 0 Å². The highest BCUT2D eigenvalue weighted by molar-refractivity contribution is 7.10. The molecule has 0 saturated carbocycles. The van der Waals surface area contributed by atoms with Gasteiger partial charge in [0.15, 0.2) is 0 Å². The molecule has 1 fully saturated rings. The van der Waals surface area contributed by atoms with Gasteiger partial charge in [-0.15, -0.1) is 11.3 Å². The van der Waals surface area contributed by atoms with Gasteiger partial charge in [-0.2, -0.15) is 0 Å². The third-order valence-corrected chi connectivity index (χ3v) is 3.93. The fourth-order valence-corrected chi connectivity index (χ4v) is 2.95. The molecule has 2 heterocycles. The molecule has 0 aliphatic carbocycles. The summed E-state index contributed by atoms with van der Waals surface area (Å²) in [4.78, 5) is 15.0. The third kappa shape index (κ3) is 3.12. The van der Waals surface area contributed by atoms with Gasteiger partial charge in [-0.25, -0.2) is 0 Å². The van der Waals surface area contributed by atoms with E-state index in [0.29, 0.717) is 5.92 Å². The zero-order valence-corrected chi connectivity index (χ0v) is 11.3. The molecule has 1 unspecified atom stereocenters. The van der Waals surface area contributed by atoms with E-state index in [-0.39, 0.29) is 12.5 Å². The highest BCUT2D eigenvalue weighted by atomic mass is 32.1. The predicted octanol–water partition coefficient (Wildman–Crippen LogP) is 1.96. The van der Waals surface area contributed by atoms with E-state index in [1.165, 1.54) is 17.8 Å². The van der Waals surface area contributed by atoms with Gasteiger partial charge in [-0.3, -0.25) is 4.79 Å². The van der Waals surface area contributed by atoms with Crippen LogP contribution in [0.5, 0.6) is 0 Å². The number of hydrogen-bond acceptors (Lipinski definition) is 3. The molecule has 1 atom stereocenters. The molecule has 4 heteroatoms. The molecule has 1 aromatic rings. The lowest BCUT2D eigenvalue weighted by atomic mass is 10.00. The molecule has 0 bridgehead atoms. The minimum atomic E-state index is -0.148. The Morgan fingerprint density at radius 3 is 3.22 bits per heavy atom. The first-order chi connectivity index (χ1) is 8.70. The van der Waals surface area contributed by atoms with Gasteiger partial charge in [-0.1, -0.05) is 18.8 Å². The minimum Gasteiger partial charge on any atom is -0.384 e. The van der Waals surface area contributed by atoms with Crippen LogP contribution in [0.15, 0.2) is 11.4 Å². The second-order valence-electron chi connectivity index (χ2n) is 4.66. The monoisotopic (exact) mass is 263 g/mol. The van der Waals surface area contributed by atoms with Crippen LogP contribution in [-0.2, 0) is 0 Å². The van der Waals surface area contributed by atoms with E-state index in [1.807, 2.05) is 16.3 Å². The maximum Gasteiger partial charge on any atom is 0.254 e. The number of thiophene rings is 1. The Morgan fingerprint density at radius 1 is 1.67 bits per heavy atom. The van der Waals surface area contributed by atoms with Gasteiger partial charge < -0.3 is 10.0 Å². The summed E-state index contributed by atoms with van der Waals surface area (Å²) in [6, 6.07) is 1.81. The second-order valence-corrected chi connectivity index (χ2v) is 5.57. The van der Waals surface area contributed by atoms with Crippen molar-refractivity contribution < 1.29 is 9.90 Å². The molecule has 96 valence electrons. The first-order valence-electron chi connectivity index (χ1n) is 6.18. The van der Waals surface area contributed by atoms with E-state index < -0.39 is 0 Å². The first-order valence-corrected chi connectivity index (χ1v) is 7.06. The van der Waals surface area contributed by atoms with E-state index in [2.05, 4.69) is 18.8 Å². The van der Waals surface area contributed by atoms with Crippen molar-refractivity contribution in [1.29, 1.82) is 0 Å². The Hall–Kier alpha value is -1.31. The summed E-state index contributed by atoms with van der Waals surface area (Å²) in [6.45, 7) is 3.75. The van der Waals surface area contributed by atoms with Crippen molar-refractivity contribution in [1.82, 2.24) is 4.90 Å². The fraction of sp³-hybridized carbons (Fsp3) is 0.500. The average molecular weight is 263 g/mol. The highest BCUT2D eigenvalue weighted by Gasteiger charge is 2.22. The SMILES string of the molecule is CC1CCCN(C(=O)c2csc(C#CCO)c2)C1. The summed E-state index contributed by atoms with van der Waals surface area (Å²) in [5.74, 6) is 6.12. The normalized spacial score (nSPS) is 19.2. The molecule has 0 spiro atoms. The lowest BCUT2D eigenvalue weighted by Crippen LogP contribution is -2.38. The first kappa shape index (κ1) is 13.1. The molecule has 1 N–H and O–H groups in total. The molecule has 1 saturated heterocycles.